The number of aryl methyl sites for hydroxylation is 2. The van der Waals surface area contributed by atoms with E-state index in [0.29, 0.717) is 17.2 Å². The second-order valence-corrected chi connectivity index (χ2v) is 4.41. The van der Waals surface area contributed by atoms with Gasteiger partial charge in [0.15, 0.2) is 0 Å². The normalized spacial score (nSPS) is 10.2. The van der Waals surface area contributed by atoms with Crippen LogP contribution in [0.15, 0.2) is 24.4 Å². The Balaban J connectivity index is 2.07. The molecule has 0 fully saturated rings. The molecule has 0 atom stereocenters. The number of carbonyl (C=O) groups excluding carboxylic acids is 1. The van der Waals surface area contributed by atoms with Gasteiger partial charge in [0.25, 0.3) is 5.91 Å². The number of amides is 1. The van der Waals surface area contributed by atoms with Crippen LogP contribution in [0.4, 0.5) is 0 Å². The van der Waals surface area contributed by atoms with Crippen LogP contribution in [-0.2, 0) is 6.54 Å². The highest BCUT2D eigenvalue weighted by molar-refractivity contribution is 5.94. The maximum Gasteiger partial charge on any atom is 0.337 e. The summed E-state index contributed by atoms with van der Waals surface area (Å²) in [6, 6.07) is 4.46. The van der Waals surface area contributed by atoms with E-state index in [9.17, 15) is 9.59 Å². The van der Waals surface area contributed by atoms with E-state index in [2.05, 4.69) is 20.3 Å². The minimum atomic E-state index is -1.07. The first-order valence-electron chi connectivity index (χ1n) is 6.25. The first-order valence-corrected chi connectivity index (χ1v) is 6.25. The number of carboxylic acids is 1. The van der Waals surface area contributed by atoms with Gasteiger partial charge in [-0.05, 0) is 32.0 Å². The Labute approximate surface area is 121 Å². The van der Waals surface area contributed by atoms with Crippen molar-refractivity contribution < 1.29 is 14.7 Å². The zero-order valence-electron chi connectivity index (χ0n) is 11.6. The molecule has 0 aliphatic rings. The Morgan fingerprint density at radius 3 is 2.57 bits per heavy atom. The SMILES string of the molecule is Cc1nccc(CNC(=O)c2ccc(C(=O)O)c(C)n2)n1. The minimum absolute atomic E-state index is 0.0815. The Kier molecular flexibility index (Phi) is 4.22. The molecule has 0 saturated carbocycles. The third kappa shape index (κ3) is 3.59. The molecule has 0 radical (unpaired) electrons. The van der Waals surface area contributed by atoms with Crippen molar-refractivity contribution in [3.05, 3.63) is 52.9 Å². The highest BCUT2D eigenvalue weighted by Gasteiger charge is 2.13. The van der Waals surface area contributed by atoms with Gasteiger partial charge >= 0.3 is 5.97 Å². The lowest BCUT2D eigenvalue weighted by molar-refractivity contribution is 0.0694. The molecule has 0 saturated heterocycles. The summed E-state index contributed by atoms with van der Waals surface area (Å²) in [6.07, 6.45) is 1.62. The van der Waals surface area contributed by atoms with Gasteiger partial charge in [-0.15, -0.1) is 0 Å². The second-order valence-electron chi connectivity index (χ2n) is 4.41. The van der Waals surface area contributed by atoms with Gasteiger partial charge in [0, 0.05) is 6.20 Å². The van der Waals surface area contributed by atoms with Crippen molar-refractivity contribution in [1.82, 2.24) is 20.3 Å². The van der Waals surface area contributed by atoms with Crippen molar-refractivity contribution in [2.45, 2.75) is 20.4 Å². The molecule has 2 heterocycles. The topological polar surface area (TPSA) is 105 Å². The summed E-state index contributed by atoms with van der Waals surface area (Å²) in [7, 11) is 0. The number of rotatable bonds is 4. The van der Waals surface area contributed by atoms with Gasteiger partial charge in [-0.3, -0.25) is 4.79 Å². The van der Waals surface area contributed by atoms with Gasteiger partial charge in [-0.1, -0.05) is 0 Å². The molecule has 1 amide bonds. The van der Waals surface area contributed by atoms with Crippen molar-refractivity contribution in [1.29, 1.82) is 0 Å². The number of hydrogen-bond acceptors (Lipinski definition) is 5. The number of pyridine rings is 1. The summed E-state index contributed by atoms with van der Waals surface area (Å²) in [5.41, 5.74) is 1.24. The molecule has 108 valence electrons. The van der Waals surface area contributed by atoms with E-state index in [1.807, 2.05) is 0 Å². The molecule has 2 aromatic rings. The van der Waals surface area contributed by atoms with Gasteiger partial charge < -0.3 is 10.4 Å². The molecule has 0 unspecified atom stereocenters. The van der Waals surface area contributed by atoms with E-state index < -0.39 is 5.97 Å². The van der Waals surface area contributed by atoms with Crippen LogP contribution in [0.25, 0.3) is 0 Å². The van der Waals surface area contributed by atoms with Crippen molar-refractivity contribution >= 4 is 11.9 Å². The Morgan fingerprint density at radius 2 is 1.95 bits per heavy atom. The lowest BCUT2D eigenvalue weighted by Gasteiger charge is -2.06. The van der Waals surface area contributed by atoms with Crippen molar-refractivity contribution in [3.8, 4) is 0 Å². The monoisotopic (exact) mass is 286 g/mol. The van der Waals surface area contributed by atoms with Crippen LogP contribution in [0.5, 0.6) is 0 Å². The van der Waals surface area contributed by atoms with Gasteiger partial charge in [0.1, 0.15) is 11.5 Å². The number of carboxylic acid groups (broad SMARTS) is 1. The number of aromatic carboxylic acids is 1. The maximum atomic E-state index is 12.0. The molecule has 0 bridgehead atoms. The molecule has 7 nitrogen and oxygen atoms in total. The second kappa shape index (κ2) is 6.08. The average molecular weight is 286 g/mol. The van der Waals surface area contributed by atoms with Crippen LogP contribution in [0.1, 0.15) is 38.1 Å². The van der Waals surface area contributed by atoms with Gasteiger partial charge in [-0.25, -0.2) is 19.7 Å². The third-order valence-corrected chi connectivity index (χ3v) is 2.81. The smallest absolute Gasteiger partial charge is 0.337 e. The number of carbonyl (C=O) groups is 2. The quantitative estimate of drug-likeness (QED) is 0.872. The molecule has 7 heteroatoms. The van der Waals surface area contributed by atoms with E-state index in [-0.39, 0.29) is 23.7 Å². The van der Waals surface area contributed by atoms with Crippen molar-refractivity contribution in [2.75, 3.05) is 0 Å². The van der Waals surface area contributed by atoms with Gasteiger partial charge in [-0.2, -0.15) is 0 Å². The number of aromatic nitrogens is 3. The standard InChI is InChI=1S/C14H14N4O3/c1-8-11(14(20)21)3-4-12(17-8)13(19)16-7-10-5-6-15-9(2)18-10/h3-6H,7H2,1-2H3,(H,16,19)(H,20,21). The Hall–Kier alpha value is -2.83. The molecule has 21 heavy (non-hydrogen) atoms. The zero-order valence-corrected chi connectivity index (χ0v) is 11.6. The number of nitrogens with zero attached hydrogens (tertiary/aromatic N) is 3. The number of hydrogen-bond donors (Lipinski definition) is 2. The molecule has 0 aliphatic carbocycles. The predicted molar refractivity (Wildman–Crippen MR) is 73.9 cm³/mol. The summed E-state index contributed by atoms with van der Waals surface area (Å²) in [5.74, 6) is -0.823. The lowest BCUT2D eigenvalue weighted by Crippen LogP contribution is -2.25. The fourth-order valence-electron chi connectivity index (χ4n) is 1.78. The fourth-order valence-corrected chi connectivity index (χ4v) is 1.78. The molecule has 2 aromatic heterocycles. The van der Waals surface area contributed by atoms with E-state index in [0.717, 1.165) is 0 Å². The van der Waals surface area contributed by atoms with Crippen LogP contribution in [-0.4, -0.2) is 31.9 Å². The Morgan fingerprint density at radius 1 is 1.19 bits per heavy atom. The van der Waals surface area contributed by atoms with Crippen molar-refractivity contribution in [2.24, 2.45) is 0 Å². The van der Waals surface area contributed by atoms with Gasteiger partial charge in [0.05, 0.1) is 23.5 Å². The summed E-state index contributed by atoms with van der Waals surface area (Å²) in [6.45, 7) is 3.57. The molecular weight excluding hydrogens is 272 g/mol. The highest BCUT2D eigenvalue weighted by Crippen LogP contribution is 2.07. The molecule has 0 aliphatic heterocycles. The summed E-state index contributed by atoms with van der Waals surface area (Å²) in [4.78, 5) is 35.0. The lowest BCUT2D eigenvalue weighted by atomic mass is 10.2. The molecule has 2 N–H and O–H groups in total. The molecule has 0 aromatic carbocycles. The van der Waals surface area contributed by atoms with E-state index in [1.165, 1.54) is 12.1 Å². The van der Waals surface area contributed by atoms with Crippen LogP contribution < -0.4 is 5.32 Å². The first-order chi connectivity index (χ1) is 9.97. The fraction of sp³-hybridized carbons (Fsp3) is 0.214. The maximum absolute atomic E-state index is 12.0. The summed E-state index contributed by atoms with van der Waals surface area (Å²) in [5, 5.41) is 11.6. The van der Waals surface area contributed by atoms with Crippen LogP contribution in [0.2, 0.25) is 0 Å². The van der Waals surface area contributed by atoms with Crippen LogP contribution in [0.3, 0.4) is 0 Å². The molecule has 0 spiro atoms. The average Bonchev–Trinajstić information content (AvgIpc) is 2.44. The van der Waals surface area contributed by atoms with Crippen molar-refractivity contribution in [3.63, 3.8) is 0 Å². The van der Waals surface area contributed by atoms with Crippen LogP contribution in [0, 0.1) is 13.8 Å². The van der Waals surface area contributed by atoms with E-state index >= 15 is 0 Å². The summed E-state index contributed by atoms with van der Waals surface area (Å²) >= 11 is 0. The largest absolute Gasteiger partial charge is 0.478 e. The van der Waals surface area contributed by atoms with E-state index in [4.69, 9.17) is 5.11 Å². The molecule has 2 rings (SSSR count). The first kappa shape index (κ1) is 14.6. The minimum Gasteiger partial charge on any atom is -0.478 e. The number of nitrogens with one attached hydrogen (secondary N) is 1. The summed E-state index contributed by atoms with van der Waals surface area (Å²) < 4.78 is 0. The zero-order chi connectivity index (χ0) is 15.4. The predicted octanol–water partition coefficient (Wildman–Crippen LogP) is 1.12. The van der Waals surface area contributed by atoms with Crippen LogP contribution >= 0.6 is 0 Å². The highest BCUT2D eigenvalue weighted by atomic mass is 16.4. The van der Waals surface area contributed by atoms with Gasteiger partial charge in [0.2, 0.25) is 0 Å². The Bertz CT molecular complexity index is 700. The molecular formula is C14H14N4O3. The van der Waals surface area contributed by atoms with E-state index in [1.54, 1.807) is 26.1 Å². The third-order valence-electron chi connectivity index (χ3n) is 2.81.